The van der Waals surface area contributed by atoms with Gasteiger partial charge in [0.05, 0.1) is 12.5 Å². The molecule has 0 saturated carbocycles. The lowest BCUT2D eigenvalue weighted by Gasteiger charge is -2.14. The van der Waals surface area contributed by atoms with Gasteiger partial charge >= 0.3 is 0 Å². The largest absolute Gasteiger partial charge is 0.346 e. The molecule has 0 aliphatic carbocycles. The lowest BCUT2D eigenvalue weighted by atomic mass is 10.1. The first-order chi connectivity index (χ1) is 11.0. The predicted molar refractivity (Wildman–Crippen MR) is 84.3 cm³/mol. The van der Waals surface area contributed by atoms with Crippen LogP contribution in [0.15, 0.2) is 36.9 Å². The molecule has 1 aromatic heterocycles. The van der Waals surface area contributed by atoms with Crippen molar-refractivity contribution in [3.8, 4) is 0 Å². The van der Waals surface area contributed by atoms with E-state index in [0.29, 0.717) is 17.1 Å². The van der Waals surface area contributed by atoms with Crippen molar-refractivity contribution in [2.24, 2.45) is 7.05 Å². The van der Waals surface area contributed by atoms with Crippen LogP contribution in [0.2, 0.25) is 0 Å². The fourth-order valence-corrected chi connectivity index (χ4v) is 2.11. The normalized spacial score (nSPS) is 11.6. The maximum absolute atomic E-state index is 12.2. The summed E-state index contributed by atoms with van der Waals surface area (Å²) in [4.78, 5) is 23.7. The summed E-state index contributed by atoms with van der Waals surface area (Å²) in [5.41, 5.74) is 1.30. The van der Waals surface area contributed by atoms with E-state index in [2.05, 4.69) is 32.7 Å². The van der Waals surface area contributed by atoms with Gasteiger partial charge in [-0.15, -0.1) is 5.10 Å². The molecule has 2 N–H and O–H groups in total. The minimum atomic E-state index is -0.323. The molecule has 0 aliphatic rings. The molecular formula is C15H18N6O2. The Morgan fingerprint density at radius 1 is 1.39 bits per heavy atom. The van der Waals surface area contributed by atoms with Crippen molar-refractivity contribution in [2.75, 3.05) is 5.32 Å². The van der Waals surface area contributed by atoms with E-state index < -0.39 is 0 Å². The number of aromatic nitrogens is 4. The Bertz CT molecular complexity index is 724. The molecule has 1 atom stereocenters. The molecule has 1 heterocycles. The lowest BCUT2D eigenvalue weighted by Crippen LogP contribution is -2.30. The number of carbonyl (C=O) groups is 2. The highest BCUT2D eigenvalue weighted by atomic mass is 16.2. The zero-order chi connectivity index (χ0) is 16.8. The van der Waals surface area contributed by atoms with Gasteiger partial charge in [0.25, 0.3) is 0 Å². The highest BCUT2D eigenvalue weighted by Gasteiger charge is 2.16. The number of hydrogen-bond acceptors (Lipinski definition) is 5. The van der Waals surface area contributed by atoms with Crippen molar-refractivity contribution < 1.29 is 9.59 Å². The zero-order valence-electron chi connectivity index (χ0n) is 13.0. The van der Waals surface area contributed by atoms with Crippen molar-refractivity contribution in [3.05, 3.63) is 48.3 Å². The van der Waals surface area contributed by atoms with Crippen LogP contribution in [0.5, 0.6) is 0 Å². The van der Waals surface area contributed by atoms with Gasteiger partial charge in [0.15, 0.2) is 5.82 Å². The maximum atomic E-state index is 12.2. The number of anilines is 1. The van der Waals surface area contributed by atoms with Crippen molar-refractivity contribution in [1.29, 1.82) is 0 Å². The van der Waals surface area contributed by atoms with Crippen molar-refractivity contribution in [3.63, 3.8) is 0 Å². The molecule has 2 rings (SSSR count). The van der Waals surface area contributed by atoms with Gasteiger partial charge in [0.1, 0.15) is 0 Å². The number of hydrogen-bond donors (Lipinski definition) is 2. The summed E-state index contributed by atoms with van der Waals surface area (Å²) in [6.45, 7) is 5.21. The van der Waals surface area contributed by atoms with Crippen molar-refractivity contribution in [2.45, 2.75) is 19.4 Å². The third-order valence-electron chi connectivity index (χ3n) is 3.23. The molecule has 0 bridgehead atoms. The number of rotatable bonds is 6. The summed E-state index contributed by atoms with van der Waals surface area (Å²) in [7, 11) is 1.71. The van der Waals surface area contributed by atoms with Crippen LogP contribution in [0.25, 0.3) is 0 Å². The molecule has 120 valence electrons. The van der Waals surface area contributed by atoms with Crippen LogP contribution in [0, 0.1) is 0 Å². The molecule has 0 spiro atoms. The van der Waals surface area contributed by atoms with Gasteiger partial charge in [-0.05, 0) is 35.1 Å². The van der Waals surface area contributed by atoms with E-state index in [0.717, 1.165) is 0 Å². The third kappa shape index (κ3) is 4.22. The summed E-state index contributed by atoms with van der Waals surface area (Å²) in [6.07, 6.45) is 1.31. The molecule has 0 fully saturated rings. The van der Waals surface area contributed by atoms with Crippen LogP contribution < -0.4 is 10.6 Å². The monoisotopic (exact) mass is 314 g/mol. The van der Waals surface area contributed by atoms with Gasteiger partial charge < -0.3 is 10.6 Å². The van der Waals surface area contributed by atoms with Gasteiger partial charge in [-0.1, -0.05) is 24.8 Å². The molecule has 2 amide bonds. The number of benzene rings is 1. The Morgan fingerprint density at radius 2 is 2.13 bits per heavy atom. The number of para-hydroxylation sites is 1. The number of amides is 2. The average molecular weight is 314 g/mol. The first-order valence-corrected chi connectivity index (χ1v) is 7.04. The standard InChI is InChI=1S/C15H18N6O2/c1-4-13(22)17-12-8-6-5-7-11(12)9-14(23)16-10(2)15-18-19-20-21(15)3/h4-8,10H,1,9H2,2-3H3,(H,16,23)(H,17,22). The quantitative estimate of drug-likeness (QED) is 0.766. The summed E-state index contributed by atoms with van der Waals surface area (Å²) in [5.74, 6) is 0.0452. The Morgan fingerprint density at radius 3 is 2.78 bits per heavy atom. The fraction of sp³-hybridized carbons (Fsp3) is 0.267. The van der Waals surface area contributed by atoms with Crippen LogP contribution >= 0.6 is 0 Å². The number of carbonyl (C=O) groups excluding carboxylic acids is 2. The molecule has 0 radical (unpaired) electrons. The van der Waals surface area contributed by atoms with Crippen LogP contribution in [0.4, 0.5) is 5.69 Å². The third-order valence-corrected chi connectivity index (χ3v) is 3.23. The van der Waals surface area contributed by atoms with E-state index in [1.807, 2.05) is 6.07 Å². The summed E-state index contributed by atoms with van der Waals surface area (Å²) >= 11 is 0. The van der Waals surface area contributed by atoms with Crippen LogP contribution in [0.3, 0.4) is 0 Å². The van der Waals surface area contributed by atoms with E-state index in [4.69, 9.17) is 0 Å². The topological polar surface area (TPSA) is 102 Å². The molecule has 0 aliphatic heterocycles. The SMILES string of the molecule is C=CC(=O)Nc1ccccc1CC(=O)NC(C)c1nnnn1C. The van der Waals surface area contributed by atoms with E-state index in [-0.39, 0.29) is 24.3 Å². The summed E-state index contributed by atoms with van der Waals surface area (Å²) < 4.78 is 1.50. The van der Waals surface area contributed by atoms with E-state index in [1.165, 1.54) is 10.8 Å². The minimum absolute atomic E-state index is 0.128. The van der Waals surface area contributed by atoms with Gasteiger partial charge in [-0.25, -0.2) is 4.68 Å². The first kappa shape index (κ1) is 16.3. The Hall–Kier alpha value is -3.03. The molecule has 2 aromatic rings. The fourth-order valence-electron chi connectivity index (χ4n) is 2.11. The molecular weight excluding hydrogens is 296 g/mol. The second-order valence-electron chi connectivity index (χ2n) is 4.98. The smallest absolute Gasteiger partial charge is 0.247 e. The molecule has 8 heteroatoms. The zero-order valence-corrected chi connectivity index (χ0v) is 13.0. The Labute approximate surface area is 133 Å². The molecule has 23 heavy (non-hydrogen) atoms. The van der Waals surface area contributed by atoms with Crippen molar-refractivity contribution in [1.82, 2.24) is 25.5 Å². The highest BCUT2D eigenvalue weighted by Crippen LogP contribution is 2.16. The minimum Gasteiger partial charge on any atom is -0.346 e. The van der Waals surface area contributed by atoms with Gasteiger partial charge in [-0.2, -0.15) is 0 Å². The number of nitrogens with zero attached hydrogens (tertiary/aromatic N) is 4. The Balaban J connectivity index is 2.04. The van der Waals surface area contributed by atoms with Crippen molar-refractivity contribution >= 4 is 17.5 Å². The molecule has 0 saturated heterocycles. The number of nitrogens with one attached hydrogen (secondary N) is 2. The van der Waals surface area contributed by atoms with Gasteiger partial charge in [0.2, 0.25) is 11.8 Å². The predicted octanol–water partition coefficient (Wildman–Crippen LogP) is 0.754. The number of aryl methyl sites for hydroxylation is 1. The summed E-state index contributed by atoms with van der Waals surface area (Å²) in [5, 5.41) is 16.7. The molecule has 8 nitrogen and oxygen atoms in total. The average Bonchev–Trinajstić information content (AvgIpc) is 2.95. The lowest BCUT2D eigenvalue weighted by molar-refractivity contribution is -0.121. The van der Waals surface area contributed by atoms with E-state index in [1.54, 1.807) is 32.2 Å². The highest BCUT2D eigenvalue weighted by molar-refractivity contribution is 5.99. The number of tetrazole rings is 1. The first-order valence-electron chi connectivity index (χ1n) is 7.04. The second-order valence-corrected chi connectivity index (χ2v) is 4.98. The Kier molecular flexibility index (Phi) is 5.19. The molecule has 1 unspecified atom stereocenters. The van der Waals surface area contributed by atoms with E-state index >= 15 is 0 Å². The van der Waals surface area contributed by atoms with Gasteiger partial charge in [0, 0.05) is 12.7 Å². The summed E-state index contributed by atoms with van der Waals surface area (Å²) in [6, 6.07) is 6.79. The van der Waals surface area contributed by atoms with Crippen LogP contribution in [-0.2, 0) is 23.1 Å². The van der Waals surface area contributed by atoms with E-state index in [9.17, 15) is 9.59 Å². The van der Waals surface area contributed by atoms with Crippen LogP contribution in [-0.4, -0.2) is 32.0 Å². The maximum Gasteiger partial charge on any atom is 0.247 e. The van der Waals surface area contributed by atoms with Crippen LogP contribution in [0.1, 0.15) is 24.4 Å². The van der Waals surface area contributed by atoms with Gasteiger partial charge in [-0.3, -0.25) is 9.59 Å². The molecule has 1 aromatic carbocycles. The second kappa shape index (κ2) is 7.30.